The summed E-state index contributed by atoms with van der Waals surface area (Å²) in [5.74, 6) is 1.15. The Morgan fingerprint density at radius 1 is 1.50 bits per heavy atom. The minimum absolute atomic E-state index is 0.0309. The molecular weight excluding hydrogens is 250 g/mol. The maximum absolute atomic E-state index is 12.0. The fourth-order valence-electron chi connectivity index (χ4n) is 1.92. The Hall–Kier alpha value is -1.03. The van der Waals surface area contributed by atoms with E-state index in [0.717, 1.165) is 24.2 Å². The average molecular weight is 272 g/mol. The molecule has 0 fully saturated rings. The Morgan fingerprint density at radius 3 is 2.67 bits per heavy atom. The highest BCUT2D eigenvalue weighted by atomic mass is 35.5. The lowest BCUT2D eigenvalue weighted by molar-refractivity contribution is 0.0951. The van der Waals surface area contributed by atoms with E-state index in [1.54, 1.807) is 4.68 Å². The van der Waals surface area contributed by atoms with Crippen molar-refractivity contribution in [3.8, 4) is 0 Å². The number of hydrogen-bond acceptors (Lipinski definition) is 2. The number of nitrogens with zero attached hydrogens (tertiary/aromatic N) is 2. The molecule has 5 heteroatoms. The first-order valence-electron chi connectivity index (χ1n) is 6.31. The molecule has 4 nitrogen and oxygen atoms in total. The summed E-state index contributed by atoms with van der Waals surface area (Å²) in [5.41, 5.74) is 2.38. The molecule has 0 bridgehead atoms. The zero-order valence-corrected chi connectivity index (χ0v) is 12.3. The lowest BCUT2D eigenvalue weighted by Crippen LogP contribution is -2.26. The summed E-state index contributed by atoms with van der Waals surface area (Å²) in [6.45, 7) is 6.57. The number of carbonyl (C=O) groups is 1. The molecule has 0 aromatic carbocycles. The topological polar surface area (TPSA) is 46.9 Å². The van der Waals surface area contributed by atoms with Gasteiger partial charge in [0.15, 0.2) is 0 Å². The molecular formula is C13H22ClN3O. The van der Waals surface area contributed by atoms with E-state index in [9.17, 15) is 4.79 Å². The number of hydrogen-bond donors (Lipinski definition) is 1. The second kappa shape index (κ2) is 6.78. The van der Waals surface area contributed by atoms with Gasteiger partial charge in [-0.15, -0.1) is 11.6 Å². The quantitative estimate of drug-likeness (QED) is 0.638. The Kier molecular flexibility index (Phi) is 5.66. The Morgan fingerprint density at radius 2 is 2.17 bits per heavy atom. The maximum atomic E-state index is 12.0. The largest absolute Gasteiger partial charge is 0.352 e. The lowest BCUT2D eigenvalue weighted by atomic mass is 10.1. The monoisotopic (exact) mass is 271 g/mol. The van der Waals surface area contributed by atoms with Crippen LogP contribution in [0.1, 0.15) is 41.5 Å². The molecule has 1 atom stereocenters. The van der Waals surface area contributed by atoms with Gasteiger partial charge in [-0.25, -0.2) is 0 Å². The second-order valence-electron chi connectivity index (χ2n) is 4.83. The molecule has 0 saturated carbocycles. The molecule has 0 aliphatic heterocycles. The van der Waals surface area contributed by atoms with Crippen molar-refractivity contribution in [1.82, 2.24) is 15.1 Å². The van der Waals surface area contributed by atoms with Crippen molar-refractivity contribution in [2.75, 3.05) is 12.4 Å². The van der Waals surface area contributed by atoms with Crippen LogP contribution in [-0.4, -0.2) is 28.1 Å². The molecule has 1 unspecified atom stereocenters. The zero-order valence-electron chi connectivity index (χ0n) is 11.6. The Bertz CT molecular complexity index is 415. The average Bonchev–Trinajstić information content (AvgIpc) is 2.58. The summed E-state index contributed by atoms with van der Waals surface area (Å²) < 4.78 is 1.74. The smallest absolute Gasteiger partial charge is 0.255 e. The molecule has 102 valence electrons. The van der Waals surface area contributed by atoms with Gasteiger partial charge in [0.1, 0.15) is 0 Å². The fraction of sp³-hybridized carbons (Fsp3) is 0.692. The normalized spacial score (nSPS) is 12.5. The van der Waals surface area contributed by atoms with Crippen LogP contribution in [0.4, 0.5) is 0 Å². The van der Waals surface area contributed by atoms with Crippen molar-refractivity contribution in [3.63, 3.8) is 0 Å². The minimum atomic E-state index is -0.0309. The second-order valence-corrected chi connectivity index (χ2v) is 5.14. The summed E-state index contributed by atoms with van der Waals surface area (Å²) >= 11 is 5.74. The molecule has 1 heterocycles. The van der Waals surface area contributed by atoms with Crippen LogP contribution in [-0.2, 0) is 7.05 Å². The van der Waals surface area contributed by atoms with Gasteiger partial charge >= 0.3 is 0 Å². The van der Waals surface area contributed by atoms with Crippen LogP contribution in [0.25, 0.3) is 0 Å². The van der Waals surface area contributed by atoms with Crippen molar-refractivity contribution in [2.24, 2.45) is 13.0 Å². The maximum Gasteiger partial charge on any atom is 0.255 e. The van der Waals surface area contributed by atoms with Crippen LogP contribution < -0.4 is 5.32 Å². The molecule has 0 aliphatic carbocycles. The first kappa shape index (κ1) is 15.0. The highest BCUT2D eigenvalue weighted by Gasteiger charge is 2.16. The number of aryl methyl sites for hydroxylation is 2. The third-order valence-corrected chi connectivity index (χ3v) is 3.69. The zero-order chi connectivity index (χ0) is 13.7. The van der Waals surface area contributed by atoms with Gasteiger partial charge in [0.2, 0.25) is 0 Å². The van der Waals surface area contributed by atoms with Crippen molar-refractivity contribution in [1.29, 1.82) is 0 Å². The van der Waals surface area contributed by atoms with Crippen LogP contribution in [0, 0.1) is 19.8 Å². The van der Waals surface area contributed by atoms with Gasteiger partial charge in [0, 0.05) is 25.2 Å². The molecule has 1 aromatic heterocycles. The standard InChI is InChI=1S/C13H22ClN3O/c1-9(8-14)6-5-7-15-13(18)12-10(2)16-17(4)11(12)3/h9H,5-8H2,1-4H3,(H,15,18). The number of halogens is 1. The highest BCUT2D eigenvalue weighted by molar-refractivity contribution is 6.18. The summed E-state index contributed by atoms with van der Waals surface area (Å²) in [6, 6.07) is 0. The van der Waals surface area contributed by atoms with Gasteiger partial charge < -0.3 is 5.32 Å². The van der Waals surface area contributed by atoms with Gasteiger partial charge in [-0.05, 0) is 32.6 Å². The fourth-order valence-corrected chi connectivity index (χ4v) is 2.07. The van der Waals surface area contributed by atoms with E-state index in [1.807, 2.05) is 20.9 Å². The van der Waals surface area contributed by atoms with Gasteiger partial charge in [-0.1, -0.05) is 6.92 Å². The number of aromatic nitrogens is 2. The van der Waals surface area contributed by atoms with Crippen LogP contribution in [0.5, 0.6) is 0 Å². The molecule has 1 N–H and O–H groups in total. The Labute approximate surface area is 114 Å². The number of nitrogens with one attached hydrogen (secondary N) is 1. The molecule has 1 aromatic rings. The molecule has 0 radical (unpaired) electrons. The first-order chi connectivity index (χ1) is 8.47. The van der Waals surface area contributed by atoms with Crippen LogP contribution >= 0.6 is 11.6 Å². The van der Waals surface area contributed by atoms with E-state index in [1.165, 1.54) is 0 Å². The van der Waals surface area contributed by atoms with Crippen molar-refractivity contribution in [3.05, 3.63) is 17.0 Å². The van der Waals surface area contributed by atoms with E-state index >= 15 is 0 Å². The summed E-state index contributed by atoms with van der Waals surface area (Å²) in [6.07, 6.45) is 1.99. The number of carbonyl (C=O) groups excluding carboxylic acids is 1. The third kappa shape index (κ3) is 3.73. The third-order valence-electron chi connectivity index (χ3n) is 3.16. The molecule has 0 spiro atoms. The van der Waals surface area contributed by atoms with Crippen LogP contribution in [0.2, 0.25) is 0 Å². The van der Waals surface area contributed by atoms with Gasteiger partial charge in [-0.3, -0.25) is 9.48 Å². The van der Waals surface area contributed by atoms with Crippen molar-refractivity contribution >= 4 is 17.5 Å². The molecule has 0 aliphatic rings. The van der Waals surface area contributed by atoms with E-state index in [0.29, 0.717) is 23.9 Å². The molecule has 1 amide bonds. The number of amides is 1. The minimum Gasteiger partial charge on any atom is -0.352 e. The highest BCUT2D eigenvalue weighted by Crippen LogP contribution is 2.11. The van der Waals surface area contributed by atoms with Gasteiger partial charge in [0.25, 0.3) is 5.91 Å². The SMILES string of the molecule is Cc1nn(C)c(C)c1C(=O)NCCCC(C)CCl. The van der Waals surface area contributed by atoms with Crippen LogP contribution in [0.15, 0.2) is 0 Å². The van der Waals surface area contributed by atoms with Gasteiger partial charge in [0.05, 0.1) is 11.3 Å². The summed E-state index contributed by atoms with van der Waals surface area (Å²) in [7, 11) is 1.85. The molecule has 18 heavy (non-hydrogen) atoms. The molecule has 0 saturated heterocycles. The first-order valence-corrected chi connectivity index (χ1v) is 6.85. The number of alkyl halides is 1. The predicted octanol–water partition coefficient (Wildman–Crippen LogP) is 2.42. The van der Waals surface area contributed by atoms with E-state index in [4.69, 9.17) is 11.6 Å². The Balaban J connectivity index is 2.46. The van der Waals surface area contributed by atoms with E-state index < -0.39 is 0 Å². The summed E-state index contributed by atoms with van der Waals surface area (Å²) in [5, 5.41) is 7.18. The lowest BCUT2D eigenvalue weighted by Gasteiger charge is -2.08. The van der Waals surface area contributed by atoms with E-state index in [-0.39, 0.29) is 5.91 Å². The van der Waals surface area contributed by atoms with Crippen molar-refractivity contribution in [2.45, 2.75) is 33.6 Å². The number of rotatable bonds is 6. The predicted molar refractivity (Wildman–Crippen MR) is 74.1 cm³/mol. The van der Waals surface area contributed by atoms with Gasteiger partial charge in [-0.2, -0.15) is 5.10 Å². The summed E-state index contributed by atoms with van der Waals surface area (Å²) in [4.78, 5) is 12.0. The molecule has 1 rings (SSSR count). The van der Waals surface area contributed by atoms with Crippen LogP contribution in [0.3, 0.4) is 0 Å². The van der Waals surface area contributed by atoms with Crippen molar-refractivity contribution < 1.29 is 4.79 Å². The van der Waals surface area contributed by atoms with E-state index in [2.05, 4.69) is 17.3 Å².